The van der Waals surface area contributed by atoms with Gasteiger partial charge in [0.1, 0.15) is 5.60 Å². The van der Waals surface area contributed by atoms with Crippen molar-refractivity contribution >= 4 is 28.0 Å². The van der Waals surface area contributed by atoms with Gasteiger partial charge in [-0.3, -0.25) is 4.79 Å². The van der Waals surface area contributed by atoms with E-state index in [1.807, 2.05) is 43.9 Å². The molecule has 8 heteroatoms. The minimum Gasteiger partial charge on any atom is -0.427 e. The quantitative estimate of drug-likeness (QED) is 0.389. The highest BCUT2D eigenvalue weighted by Crippen LogP contribution is 2.43. The van der Waals surface area contributed by atoms with Crippen LogP contribution in [0.25, 0.3) is 0 Å². The van der Waals surface area contributed by atoms with Gasteiger partial charge in [-0.25, -0.2) is 4.79 Å². The van der Waals surface area contributed by atoms with Crippen LogP contribution in [0.2, 0.25) is 0 Å². The maximum absolute atomic E-state index is 13.5. The van der Waals surface area contributed by atoms with Crippen LogP contribution in [0.1, 0.15) is 57.1 Å². The number of hydrogen-bond acceptors (Lipinski definition) is 6. The summed E-state index contributed by atoms with van der Waals surface area (Å²) in [4.78, 5) is 36.0. The molecule has 0 saturated carbocycles. The second-order valence-electron chi connectivity index (χ2n) is 12.4. The third kappa shape index (κ3) is 6.84. The van der Waals surface area contributed by atoms with E-state index in [1.54, 1.807) is 5.06 Å². The first-order valence-electron chi connectivity index (χ1n) is 14.1. The van der Waals surface area contributed by atoms with Gasteiger partial charge in [-0.2, -0.15) is 0 Å². The average Bonchev–Trinajstić information content (AvgIpc) is 3.42. The molecule has 7 nitrogen and oxygen atoms in total. The summed E-state index contributed by atoms with van der Waals surface area (Å²) in [5, 5.41) is 1.77. The van der Waals surface area contributed by atoms with E-state index in [4.69, 9.17) is 9.57 Å². The first-order chi connectivity index (χ1) is 18.6. The molecular formula is C31H40BrN3O4. The lowest BCUT2D eigenvalue weighted by Gasteiger charge is -2.39. The van der Waals surface area contributed by atoms with Crippen LogP contribution in [0.3, 0.4) is 0 Å². The summed E-state index contributed by atoms with van der Waals surface area (Å²) in [6.07, 6.45) is 2.11. The van der Waals surface area contributed by atoms with Gasteiger partial charge in [-0.05, 0) is 82.3 Å². The van der Waals surface area contributed by atoms with Crippen LogP contribution < -0.4 is 0 Å². The van der Waals surface area contributed by atoms with E-state index in [2.05, 4.69) is 57.2 Å². The van der Waals surface area contributed by atoms with Crippen molar-refractivity contribution in [3.05, 3.63) is 70.2 Å². The molecule has 0 N–H and O–H groups in total. The Labute approximate surface area is 240 Å². The fraction of sp³-hybridized carbons (Fsp3) is 0.548. The number of likely N-dealkylation sites (tertiary alicyclic amines) is 2. The molecule has 1 spiro atoms. The van der Waals surface area contributed by atoms with Crippen LogP contribution in [0.4, 0.5) is 4.79 Å². The third-order valence-electron chi connectivity index (χ3n) is 8.42. The van der Waals surface area contributed by atoms with E-state index >= 15 is 0 Å². The monoisotopic (exact) mass is 597 g/mol. The van der Waals surface area contributed by atoms with Crippen LogP contribution in [0.5, 0.6) is 0 Å². The molecule has 0 radical (unpaired) electrons. The zero-order chi connectivity index (χ0) is 27.6. The number of ether oxygens (including phenoxy) is 1. The SMILES string of the molecule is CC(C)(C)OC(=O)ON1C[C@H](CN2CCC3(CC2)CCN(Cc2ccc(Br)cc2)C3=O)[C@@H](c2ccccc2)C1. The summed E-state index contributed by atoms with van der Waals surface area (Å²) in [6.45, 7) is 11.1. The molecule has 210 valence electrons. The van der Waals surface area contributed by atoms with E-state index in [9.17, 15) is 9.59 Å². The predicted octanol–water partition coefficient (Wildman–Crippen LogP) is 5.85. The van der Waals surface area contributed by atoms with Crippen molar-refractivity contribution in [1.29, 1.82) is 0 Å². The molecule has 3 aliphatic rings. The van der Waals surface area contributed by atoms with E-state index in [-0.39, 0.29) is 11.3 Å². The Kier molecular flexibility index (Phi) is 8.36. The zero-order valence-corrected chi connectivity index (χ0v) is 24.9. The van der Waals surface area contributed by atoms with Crippen LogP contribution in [0, 0.1) is 11.3 Å². The summed E-state index contributed by atoms with van der Waals surface area (Å²) in [5.41, 5.74) is 1.63. The maximum Gasteiger partial charge on any atom is 0.528 e. The molecular weight excluding hydrogens is 558 g/mol. The highest BCUT2D eigenvalue weighted by atomic mass is 79.9. The van der Waals surface area contributed by atoms with Crippen LogP contribution in [0.15, 0.2) is 59.1 Å². The van der Waals surface area contributed by atoms with E-state index in [1.165, 1.54) is 11.1 Å². The van der Waals surface area contributed by atoms with Gasteiger partial charge in [0.15, 0.2) is 0 Å². The Morgan fingerprint density at radius 1 is 0.974 bits per heavy atom. The summed E-state index contributed by atoms with van der Waals surface area (Å²) >= 11 is 3.49. The molecule has 2 aromatic rings. The number of carbonyl (C=O) groups excluding carboxylic acids is 2. The number of hydrogen-bond donors (Lipinski definition) is 0. The van der Waals surface area contributed by atoms with Crippen molar-refractivity contribution in [3.8, 4) is 0 Å². The molecule has 3 saturated heterocycles. The van der Waals surface area contributed by atoms with Crippen LogP contribution in [-0.2, 0) is 20.9 Å². The summed E-state index contributed by atoms with van der Waals surface area (Å²) in [6, 6.07) is 18.8. The van der Waals surface area contributed by atoms with Gasteiger partial charge in [-0.15, -0.1) is 5.06 Å². The molecule has 0 aromatic heterocycles. The zero-order valence-electron chi connectivity index (χ0n) is 23.3. The van der Waals surface area contributed by atoms with Crippen LogP contribution >= 0.6 is 15.9 Å². The molecule has 1 amide bonds. The van der Waals surface area contributed by atoms with Crippen molar-refractivity contribution in [2.75, 3.05) is 39.3 Å². The molecule has 0 aliphatic carbocycles. The highest BCUT2D eigenvalue weighted by Gasteiger charge is 2.48. The second kappa shape index (κ2) is 11.6. The smallest absolute Gasteiger partial charge is 0.427 e. The number of piperidine rings is 1. The lowest BCUT2D eigenvalue weighted by atomic mass is 9.76. The molecule has 0 unspecified atom stereocenters. The predicted molar refractivity (Wildman–Crippen MR) is 154 cm³/mol. The number of halogens is 1. The average molecular weight is 599 g/mol. The molecule has 39 heavy (non-hydrogen) atoms. The van der Waals surface area contributed by atoms with Crippen molar-refractivity contribution in [3.63, 3.8) is 0 Å². The molecule has 3 fully saturated rings. The van der Waals surface area contributed by atoms with E-state index < -0.39 is 11.8 Å². The molecule has 3 aliphatic heterocycles. The van der Waals surface area contributed by atoms with Crippen molar-refractivity contribution < 1.29 is 19.2 Å². The fourth-order valence-corrected chi connectivity index (χ4v) is 6.62. The molecule has 0 bridgehead atoms. The van der Waals surface area contributed by atoms with Crippen molar-refractivity contribution in [1.82, 2.24) is 14.9 Å². The topological polar surface area (TPSA) is 62.3 Å². The number of nitrogens with zero attached hydrogens (tertiary/aromatic N) is 3. The lowest BCUT2D eigenvalue weighted by molar-refractivity contribution is -0.139. The van der Waals surface area contributed by atoms with Crippen molar-refractivity contribution in [2.45, 2.75) is 58.1 Å². The molecule has 2 atom stereocenters. The summed E-state index contributed by atoms with van der Waals surface area (Å²) in [7, 11) is 0. The summed E-state index contributed by atoms with van der Waals surface area (Å²) < 4.78 is 6.44. The number of rotatable bonds is 6. The Morgan fingerprint density at radius 3 is 2.31 bits per heavy atom. The van der Waals surface area contributed by atoms with Gasteiger partial charge in [0, 0.05) is 43.1 Å². The number of amides is 1. The van der Waals surface area contributed by atoms with Crippen molar-refractivity contribution in [2.24, 2.45) is 11.3 Å². The Bertz CT molecular complexity index is 1140. The third-order valence-corrected chi connectivity index (χ3v) is 8.95. The highest BCUT2D eigenvalue weighted by molar-refractivity contribution is 9.10. The molecule has 2 aromatic carbocycles. The second-order valence-corrected chi connectivity index (χ2v) is 13.3. The first kappa shape index (κ1) is 28.1. The van der Waals surface area contributed by atoms with E-state index in [0.29, 0.717) is 31.5 Å². The number of hydroxylamine groups is 2. The number of benzene rings is 2. The summed E-state index contributed by atoms with van der Waals surface area (Å²) in [5.74, 6) is 0.904. The lowest BCUT2D eigenvalue weighted by Crippen LogP contribution is -2.46. The van der Waals surface area contributed by atoms with Gasteiger partial charge >= 0.3 is 6.16 Å². The number of carbonyl (C=O) groups is 2. The minimum absolute atomic E-state index is 0.216. The fourth-order valence-electron chi connectivity index (χ4n) is 6.36. The maximum atomic E-state index is 13.5. The van der Waals surface area contributed by atoms with Gasteiger partial charge in [0.2, 0.25) is 5.91 Å². The van der Waals surface area contributed by atoms with Gasteiger partial charge in [0.05, 0.1) is 5.41 Å². The molecule has 3 heterocycles. The van der Waals surface area contributed by atoms with E-state index in [0.717, 1.165) is 49.9 Å². The van der Waals surface area contributed by atoms with Crippen LogP contribution in [-0.4, -0.2) is 71.8 Å². The Morgan fingerprint density at radius 2 is 1.64 bits per heavy atom. The van der Waals surface area contributed by atoms with Gasteiger partial charge in [0.25, 0.3) is 0 Å². The van der Waals surface area contributed by atoms with Gasteiger partial charge < -0.3 is 19.4 Å². The largest absolute Gasteiger partial charge is 0.528 e. The Hall–Kier alpha value is -2.42. The Balaban J connectivity index is 1.18. The normalized spacial score (nSPS) is 23.9. The van der Waals surface area contributed by atoms with Gasteiger partial charge in [-0.1, -0.05) is 58.4 Å². The first-order valence-corrected chi connectivity index (χ1v) is 14.9. The minimum atomic E-state index is -0.651. The standard InChI is InChI=1S/C31H40BrN3O4/c1-30(2,3)38-29(37)39-35-21-25(27(22-35)24-7-5-4-6-8-24)20-33-16-13-31(14-17-33)15-18-34(28(31)36)19-23-9-11-26(32)12-10-23/h4-12,25,27H,13-22H2,1-3H3/t25-,27+/m0/s1. The molecule has 5 rings (SSSR count).